The van der Waals surface area contributed by atoms with Gasteiger partial charge in [0, 0.05) is 50.8 Å². The van der Waals surface area contributed by atoms with E-state index >= 15 is 0 Å². The molecule has 2 unspecified atom stereocenters. The van der Waals surface area contributed by atoms with Crippen molar-refractivity contribution >= 4 is 0 Å². The van der Waals surface area contributed by atoms with Crippen LogP contribution in [-0.2, 0) is 0 Å². The van der Waals surface area contributed by atoms with Gasteiger partial charge in [0.25, 0.3) is 0 Å². The van der Waals surface area contributed by atoms with Crippen molar-refractivity contribution in [2.45, 2.75) is 46.6 Å². The third-order valence-corrected chi connectivity index (χ3v) is 4.46. The van der Waals surface area contributed by atoms with Gasteiger partial charge >= 0.3 is 0 Å². The van der Waals surface area contributed by atoms with Crippen LogP contribution in [-0.4, -0.2) is 60.3 Å². The molecule has 0 aromatic carbocycles. The Bertz CT molecular complexity index is 208. The molecule has 1 N–H and O–H groups in total. The third kappa shape index (κ3) is 4.23. The average Bonchev–Trinajstić information content (AvgIpc) is 2.38. The van der Waals surface area contributed by atoms with E-state index in [4.69, 9.17) is 0 Å². The van der Waals surface area contributed by atoms with Crippen LogP contribution in [0.25, 0.3) is 0 Å². The normalized spacial score (nSPS) is 24.5. The van der Waals surface area contributed by atoms with E-state index in [1.807, 2.05) is 0 Å². The number of hydrogen-bond acceptors (Lipinski definition) is 3. The number of nitrogens with zero attached hydrogens (tertiary/aromatic N) is 2. The first-order valence-corrected chi connectivity index (χ1v) is 7.12. The summed E-state index contributed by atoms with van der Waals surface area (Å²) < 4.78 is 0. The molecule has 0 radical (unpaired) electrons. The fourth-order valence-corrected chi connectivity index (χ4v) is 2.43. The quantitative estimate of drug-likeness (QED) is 0.769. The summed E-state index contributed by atoms with van der Waals surface area (Å²) in [5, 5.41) is 9.46. The molecule has 0 aromatic rings. The summed E-state index contributed by atoms with van der Waals surface area (Å²) in [6.07, 6.45) is 2.29. The van der Waals surface area contributed by atoms with Gasteiger partial charge in [0.1, 0.15) is 0 Å². The van der Waals surface area contributed by atoms with Crippen LogP contribution in [0.1, 0.15) is 40.5 Å². The Morgan fingerprint density at radius 1 is 1.18 bits per heavy atom. The van der Waals surface area contributed by atoms with Crippen LogP contribution in [0.2, 0.25) is 0 Å². The van der Waals surface area contributed by atoms with Crippen LogP contribution in [0, 0.1) is 5.41 Å². The van der Waals surface area contributed by atoms with Crippen LogP contribution < -0.4 is 0 Å². The molecule has 2 atom stereocenters. The number of piperazine rings is 1. The molecule has 1 saturated heterocycles. The highest BCUT2D eigenvalue weighted by Gasteiger charge is 2.27. The van der Waals surface area contributed by atoms with E-state index in [0.717, 1.165) is 26.1 Å². The summed E-state index contributed by atoms with van der Waals surface area (Å²) in [6.45, 7) is 14.9. The maximum atomic E-state index is 9.46. The zero-order valence-corrected chi connectivity index (χ0v) is 12.1. The standard InChI is InChI=1S/C14H30N2O/c1-5-13(3)16-9-7-15(8-10-16)11-14(4,6-2)12-17/h13,17H,5-12H2,1-4H3. The van der Waals surface area contributed by atoms with Crippen molar-refractivity contribution in [3.63, 3.8) is 0 Å². The summed E-state index contributed by atoms with van der Waals surface area (Å²) >= 11 is 0. The molecule has 0 spiro atoms. The van der Waals surface area contributed by atoms with E-state index in [0.29, 0.717) is 12.6 Å². The van der Waals surface area contributed by atoms with Crippen LogP contribution >= 0.6 is 0 Å². The molecule has 0 amide bonds. The van der Waals surface area contributed by atoms with Crippen LogP contribution in [0.4, 0.5) is 0 Å². The topological polar surface area (TPSA) is 26.7 Å². The van der Waals surface area contributed by atoms with Crippen molar-refractivity contribution in [3.05, 3.63) is 0 Å². The predicted octanol–water partition coefficient (Wildman–Crippen LogP) is 1.81. The largest absolute Gasteiger partial charge is 0.396 e. The minimum Gasteiger partial charge on any atom is -0.396 e. The maximum Gasteiger partial charge on any atom is 0.0496 e. The van der Waals surface area contributed by atoms with Crippen molar-refractivity contribution in [1.29, 1.82) is 0 Å². The summed E-state index contributed by atoms with van der Waals surface area (Å²) in [7, 11) is 0. The lowest BCUT2D eigenvalue weighted by Crippen LogP contribution is -2.52. The minimum absolute atomic E-state index is 0.0819. The van der Waals surface area contributed by atoms with Gasteiger partial charge in [-0.15, -0.1) is 0 Å². The number of hydrogen-bond donors (Lipinski definition) is 1. The van der Waals surface area contributed by atoms with E-state index in [2.05, 4.69) is 37.5 Å². The monoisotopic (exact) mass is 242 g/mol. The lowest BCUT2D eigenvalue weighted by atomic mass is 9.88. The first-order chi connectivity index (χ1) is 8.04. The van der Waals surface area contributed by atoms with Gasteiger partial charge < -0.3 is 10.0 Å². The second-order valence-electron chi connectivity index (χ2n) is 5.89. The smallest absolute Gasteiger partial charge is 0.0496 e. The Kier molecular flexibility index (Phi) is 5.90. The van der Waals surface area contributed by atoms with Gasteiger partial charge in [0.15, 0.2) is 0 Å². The van der Waals surface area contributed by atoms with Gasteiger partial charge in [0.05, 0.1) is 0 Å². The summed E-state index contributed by atoms with van der Waals surface area (Å²) in [4.78, 5) is 5.09. The Hall–Kier alpha value is -0.120. The van der Waals surface area contributed by atoms with Crippen molar-refractivity contribution in [3.8, 4) is 0 Å². The molecule has 1 aliphatic rings. The highest BCUT2D eigenvalue weighted by molar-refractivity contribution is 4.81. The first-order valence-electron chi connectivity index (χ1n) is 7.12. The van der Waals surface area contributed by atoms with Gasteiger partial charge in [-0.3, -0.25) is 4.90 Å². The van der Waals surface area contributed by atoms with Crippen molar-refractivity contribution in [1.82, 2.24) is 9.80 Å². The fraction of sp³-hybridized carbons (Fsp3) is 1.00. The highest BCUT2D eigenvalue weighted by Crippen LogP contribution is 2.22. The van der Waals surface area contributed by atoms with Gasteiger partial charge in [-0.2, -0.15) is 0 Å². The molecule has 1 rings (SSSR count). The molecule has 1 aliphatic heterocycles. The molecule has 102 valence electrons. The van der Waals surface area contributed by atoms with Crippen LogP contribution in [0.3, 0.4) is 0 Å². The molecule has 0 aliphatic carbocycles. The van der Waals surface area contributed by atoms with Gasteiger partial charge in [-0.25, -0.2) is 0 Å². The van der Waals surface area contributed by atoms with E-state index in [1.54, 1.807) is 0 Å². The Morgan fingerprint density at radius 3 is 2.18 bits per heavy atom. The lowest BCUT2D eigenvalue weighted by molar-refractivity contribution is 0.0434. The van der Waals surface area contributed by atoms with Gasteiger partial charge in [-0.1, -0.05) is 20.8 Å². The number of aliphatic hydroxyl groups excluding tert-OH is 1. The second kappa shape index (κ2) is 6.72. The molecule has 3 nitrogen and oxygen atoms in total. The molecule has 0 saturated carbocycles. The second-order valence-corrected chi connectivity index (χ2v) is 5.89. The number of aliphatic hydroxyl groups is 1. The number of rotatable bonds is 6. The van der Waals surface area contributed by atoms with Crippen LogP contribution in [0.5, 0.6) is 0 Å². The molecule has 1 fully saturated rings. The van der Waals surface area contributed by atoms with Gasteiger partial charge in [0.2, 0.25) is 0 Å². The predicted molar refractivity (Wildman–Crippen MR) is 73.2 cm³/mol. The Labute approximate surface area is 107 Å². The van der Waals surface area contributed by atoms with Crippen molar-refractivity contribution in [2.75, 3.05) is 39.3 Å². The first kappa shape index (κ1) is 14.9. The minimum atomic E-state index is 0.0819. The summed E-state index contributed by atoms with van der Waals surface area (Å²) in [5.41, 5.74) is 0.0819. The molecule has 0 aromatic heterocycles. The molecule has 3 heteroatoms. The summed E-state index contributed by atoms with van der Waals surface area (Å²) in [5.74, 6) is 0. The molecule has 17 heavy (non-hydrogen) atoms. The van der Waals surface area contributed by atoms with Gasteiger partial charge in [-0.05, 0) is 19.8 Å². The van der Waals surface area contributed by atoms with E-state index in [9.17, 15) is 5.11 Å². The average molecular weight is 242 g/mol. The highest BCUT2D eigenvalue weighted by atomic mass is 16.3. The lowest BCUT2D eigenvalue weighted by Gasteiger charge is -2.41. The SMILES string of the molecule is CCC(C)N1CCN(CC(C)(CC)CO)CC1. The fourth-order valence-electron chi connectivity index (χ4n) is 2.43. The zero-order valence-electron chi connectivity index (χ0n) is 12.1. The Morgan fingerprint density at radius 2 is 1.76 bits per heavy atom. The van der Waals surface area contributed by atoms with E-state index < -0.39 is 0 Å². The van der Waals surface area contributed by atoms with Crippen LogP contribution in [0.15, 0.2) is 0 Å². The molecule has 0 bridgehead atoms. The molecule has 1 heterocycles. The Balaban J connectivity index is 2.37. The molecular formula is C14H30N2O. The zero-order chi connectivity index (χ0) is 12.9. The third-order valence-electron chi connectivity index (χ3n) is 4.46. The molecular weight excluding hydrogens is 212 g/mol. The summed E-state index contributed by atoms with van der Waals surface area (Å²) in [6, 6.07) is 0.715. The van der Waals surface area contributed by atoms with E-state index in [-0.39, 0.29) is 5.41 Å². The van der Waals surface area contributed by atoms with Crippen molar-refractivity contribution in [2.24, 2.45) is 5.41 Å². The maximum absolute atomic E-state index is 9.46. The van der Waals surface area contributed by atoms with E-state index in [1.165, 1.54) is 19.5 Å². The van der Waals surface area contributed by atoms with Crippen molar-refractivity contribution < 1.29 is 5.11 Å².